The molecule has 19 heavy (non-hydrogen) atoms. The van der Waals surface area contributed by atoms with E-state index in [0.717, 1.165) is 19.5 Å². The quantitative estimate of drug-likeness (QED) is 0.781. The topological polar surface area (TPSA) is 53.0 Å². The van der Waals surface area contributed by atoms with Crippen LogP contribution >= 0.6 is 0 Å². The number of carbonyl (C=O) groups is 1. The maximum absolute atomic E-state index is 12.6. The fourth-order valence-electron chi connectivity index (χ4n) is 3.10. The number of likely N-dealkylation sites (tertiary alicyclic amines) is 1. The van der Waals surface area contributed by atoms with E-state index in [4.69, 9.17) is 4.74 Å². The van der Waals surface area contributed by atoms with E-state index in [1.165, 1.54) is 6.42 Å². The number of ether oxygens (including phenoxy) is 1. The number of hydrogen-bond acceptors (Lipinski definition) is 3. The first-order valence-corrected chi connectivity index (χ1v) is 7.24. The van der Waals surface area contributed by atoms with Crippen LogP contribution in [-0.4, -0.2) is 65.4 Å². The van der Waals surface area contributed by atoms with Gasteiger partial charge < -0.3 is 19.6 Å². The number of aliphatic hydroxyl groups is 1. The number of hydrogen-bond donors (Lipinski definition) is 1. The lowest BCUT2D eigenvalue weighted by atomic mass is 10.0. The Hall–Kier alpha value is -0.810. The number of rotatable bonds is 1. The van der Waals surface area contributed by atoms with E-state index in [-0.39, 0.29) is 24.3 Å². The normalized spacial score (nSPS) is 31.4. The summed E-state index contributed by atoms with van der Waals surface area (Å²) in [7, 11) is 0. The molecule has 0 saturated carbocycles. The summed E-state index contributed by atoms with van der Waals surface area (Å²) < 4.78 is 5.75. The zero-order chi connectivity index (χ0) is 14.0. The number of morpholine rings is 1. The van der Waals surface area contributed by atoms with Crippen molar-refractivity contribution in [2.24, 2.45) is 5.92 Å². The summed E-state index contributed by atoms with van der Waals surface area (Å²) in [6.07, 6.45) is 2.02. The van der Waals surface area contributed by atoms with Gasteiger partial charge in [0, 0.05) is 13.1 Å². The molecule has 110 valence electrons. The van der Waals surface area contributed by atoms with E-state index in [1.807, 2.05) is 23.6 Å². The summed E-state index contributed by atoms with van der Waals surface area (Å²) in [4.78, 5) is 16.3. The second kappa shape index (κ2) is 5.67. The molecule has 2 saturated heterocycles. The second-order valence-electron chi connectivity index (χ2n) is 6.54. The SMILES string of the molecule is CC1CCCN(C(=O)N2CC(CO)OC(C)(C)C2)C1. The third-order valence-corrected chi connectivity index (χ3v) is 3.88. The van der Waals surface area contributed by atoms with E-state index < -0.39 is 0 Å². The standard InChI is InChI=1S/C14H26N2O3/c1-11-5-4-6-15(7-11)13(18)16-8-12(9-17)19-14(2,3)10-16/h11-12,17H,4-10H2,1-3H3. The highest BCUT2D eigenvalue weighted by Gasteiger charge is 2.37. The molecule has 0 aromatic heterocycles. The number of carbonyl (C=O) groups excluding carboxylic acids is 1. The van der Waals surface area contributed by atoms with Crippen LogP contribution in [0.1, 0.15) is 33.6 Å². The molecule has 0 aromatic carbocycles. The first-order chi connectivity index (χ1) is 8.91. The van der Waals surface area contributed by atoms with Gasteiger partial charge in [-0.05, 0) is 32.6 Å². The van der Waals surface area contributed by atoms with Crippen LogP contribution in [0.25, 0.3) is 0 Å². The third-order valence-electron chi connectivity index (χ3n) is 3.88. The molecule has 0 aromatic rings. The molecule has 2 heterocycles. The molecular formula is C14H26N2O3. The van der Waals surface area contributed by atoms with Gasteiger partial charge in [-0.2, -0.15) is 0 Å². The van der Waals surface area contributed by atoms with Gasteiger partial charge in [-0.15, -0.1) is 0 Å². The minimum atomic E-state index is -0.386. The molecular weight excluding hydrogens is 244 g/mol. The van der Waals surface area contributed by atoms with Crippen LogP contribution in [0.2, 0.25) is 0 Å². The molecule has 0 aliphatic carbocycles. The molecule has 5 heteroatoms. The molecule has 0 radical (unpaired) electrons. The second-order valence-corrected chi connectivity index (χ2v) is 6.54. The third kappa shape index (κ3) is 3.60. The molecule has 0 spiro atoms. The zero-order valence-electron chi connectivity index (χ0n) is 12.3. The first-order valence-electron chi connectivity index (χ1n) is 7.24. The summed E-state index contributed by atoms with van der Waals surface area (Å²) in [5, 5.41) is 9.30. The summed E-state index contributed by atoms with van der Waals surface area (Å²) in [5.41, 5.74) is -0.386. The van der Waals surface area contributed by atoms with Crippen molar-refractivity contribution in [3.05, 3.63) is 0 Å². The van der Waals surface area contributed by atoms with E-state index >= 15 is 0 Å². The predicted molar refractivity (Wildman–Crippen MR) is 73.0 cm³/mol. The Labute approximate surface area is 115 Å². The molecule has 5 nitrogen and oxygen atoms in total. The number of aliphatic hydroxyl groups excluding tert-OH is 1. The highest BCUT2D eigenvalue weighted by Crippen LogP contribution is 2.23. The van der Waals surface area contributed by atoms with Crippen LogP contribution in [0.4, 0.5) is 4.79 Å². The number of urea groups is 1. The molecule has 2 amide bonds. The summed E-state index contributed by atoms with van der Waals surface area (Å²) >= 11 is 0. The van der Waals surface area contributed by atoms with Crippen LogP contribution < -0.4 is 0 Å². The van der Waals surface area contributed by atoms with Gasteiger partial charge in [0.1, 0.15) is 0 Å². The number of nitrogens with zero attached hydrogens (tertiary/aromatic N) is 2. The smallest absolute Gasteiger partial charge is 0.320 e. The Balaban J connectivity index is 2.01. The molecule has 2 aliphatic heterocycles. The van der Waals surface area contributed by atoms with Crippen LogP contribution in [-0.2, 0) is 4.74 Å². The lowest BCUT2D eigenvalue weighted by Gasteiger charge is -2.44. The van der Waals surface area contributed by atoms with Gasteiger partial charge in [-0.25, -0.2) is 4.79 Å². The molecule has 1 N–H and O–H groups in total. The maximum atomic E-state index is 12.6. The van der Waals surface area contributed by atoms with Crippen molar-refractivity contribution in [3.63, 3.8) is 0 Å². The molecule has 0 bridgehead atoms. The van der Waals surface area contributed by atoms with E-state index in [0.29, 0.717) is 19.0 Å². The van der Waals surface area contributed by atoms with Crippen molar-refractivity contribution >= 4 is 6.03 Å². The Bertz CT molecular complexity index is 333. The zero-order valence-corrected chi connectivity index (χ0v) is 12.3. The molecule has 2 fully saturated rings. The Kier molecular flexibility index (Phi) is 4.36. The van der Waals surface area contributed by atoms with Crippen LogP contribution in [0.15, 0.2) is 0 Å². The maximum Gasteiger partial charge on any atom is 0.320 e. The van der Waals surface area contributed by atoms with E-state index in [1.54, 1.807) is 0 Å². The van der Waals surface area contributed by atoms with Gasteiger partial charge in [0.15, 0.2) is 0 Å². The summed E-state index contributed by atoms with van der Waals surface area (Å²) in [6, 6.07) is 0.0985. The van der Waals surface area contributed by atoms with Gasteiger partial charge in [-0.3, -0.25) is 0 Å². The van der Waals surface area contributed by atoms with Crippen molar-refractivity contribution in [2.75, 3.05) is 32.8 Å². The molecule has 2 atom stereocenters. The van der Waals surface area contributed by atoms with Crippen molar-refractivity contribution in [3.8, 4) is 0 Å². The van der Waals surface area contributed by atoms with Crippen LogP contribution in [0.3, 0.4) is 0 Å². The van der Waals surface area contributed by atoms with E-state index in [9.17, 15) is 9.90 Å². The molecule has 2 unspecified atom stereocenters. The Morgan fingerprint density at radius 2 is 2.11 bits per heavy atom. The fraction of sp³-hybridized carbons (Fsp3) is 0.929. The van der Waals surface area contributed by atoms with E-state index in [2.05, 4.69) is 6.92 Å². The Morgan fingerprint density at radius 1 is 1.37 bits per heavy atom. The summed E-state index contributed by atoms with van der Waals surface area (Å²) in [6.45, 7) is 8.87. The molecule has 2 aliphatic rings. The van der Waals surface area contributed by atoms with Gasteiger partial charge >= 0.3 is 6.03 Å². The molecule has 2 rings (SSSR count). The minimum absolute atomic E-state index is 0.0381. The van der Waals surface area contributed by atoms with Crippen molar-refractivity contribution < 1.29 is 14.6 Å². The predicted octanol–water partition coefficient (Wildman–Crippen LogP) is 1.31. The highest BCUT2D eigenvalue weighted by atomic mass is 16.5. The average molecular weight is 270 g/mol. The van der Waals surface area contributed by atoms with Crippen LogP contribution in [0, 0.1) is 5.92 Å². The van der Waals surface area contributed by atoms with Gasteiger partial charge in [-0.1, -0.05) is 6.92 Å². The van der Waals surface area contributed by atoms with Crippen molar-refractivity contribution in [2.45, 2.75) is 45.3 Å². The fourth-order valence-corrected chi connectivity index (χ4v) is 3.10. The number of amides is 2. The number of piperidine rings is 1. The average Bonchev–Trinajstić information content (AvgIpc) is 2.36. The van der Waals surface area contributed by atoms with Crippen molar-refractivity contribution in [1.82, 2.24) is 9.80 Å². The minimum Gasteiger partial charge on any atom is -0.394 e. The lowest BCUT2D eigenvalue weighted by molar-refractivity contribution is -0.140. The monoisotopic (exact) mass is 270 g/mol. The highest BCUT2D eigenvalue weighted by molar-refractivity contribution is 5.74. The first kappa shape index (κ1) is 14.6. The largest absolute Gasteiger partial charge is 0.394 e. The van der Waals surface area contributed by atoms with Crippen molar-refractivity contribution in [1.29, 1.82) is 0 Å². The van der Waals surface area contributed by atoms with Crippen LogP contribution in [0.5, 0.6) is 0 Å². The lowest BCUT2D eigenvalue weighted by Crippen LogP contribution is -2.59. The van der Waals surface area contributed by atoms with Gasteiger partial charge in [0.25, 0.3) is 0 Å². The van der Waals surface area contributed by atoms with Gasteiger partial charge in [0.05, 0.1) is 31.4 Å². The Morgan fingerprint density at radius 3 is 2.74 bits per heavy atom. The van der Waals surface area contributed by atoms with Gasteiger partial charge in [0.2, 0.25) is 0 Å². The summed E-state index contributed by atoms with van der Waals surface area (Å²) in [5.74, 6) is 0.584.